The number of nitrogens with zero attached hydrogens (tertiary/aromatic N) is 3. The number of anilines is 1. The number of carbonyl (C=O) groups excluding carboxylic acids is 1. The zero-order chi connectivity index (χ0) is 17.2. The second kappa shape index (κ2) is 6.56. The lowest BCUT2D eigenvalue weighted by molar-refractivity contribution is -0.115. The first-order valence-electron chi connectivity index (χ1n) is 7.83. The lowest BCUT2D eigenvalue weighted by Crippen LogP contribution is -2.24. The number of nitrogens with one attached hydrogen (secondary N) is 2. The van der Waals surface area contributed by atoms with Crippen molar-refractivity contribution in [3.8, 4) is 11.3 Å². The number of hydrogen-bond acceptors (Lipinski definition) is 6. The Labute approximate surface area is 147 Å². The summed E-state index contributed by atoms with van der Waals surface area (Å²) in [6.07, 6.45) is 0.313. The molecular formula is C17H15N5O2S. The number of amidine groups is 1. The van der Waals surface area contributed by atoms with E-state index in [4.69, 9.17) is 0 Å². The topological polar surface area (TPSA) is 90.5 Å². The molecule has 2 N–H and O–H groups in total. The molecule has 25 heavy (non-hydrogen) atoms. The molecule has 0 bridgehead atoms. The highest BCUT2D eigenvalue weighted by atomic mass is 32.2. The molecule has 2 aliphatic heterocycles. The molecular weight excluding hydrogens is 338 g/mol. The van der Waals surface area contributed by atoms with Gasteiger partial charge in [-0.3, -0.25) is 14.6 Å². The lowest BCUT2D eigenvalue weighted by Gasteiger charge is -2.16. The van der Waals surface area contributed by atoms with E-state index in [9.17, 15) is 9.59 Å². The minimum atomic E-state index is -0.249. The molecule has 0 atom stereocenters. The van der Waals surface area contributed by atoms with Crippen LogP contribution in [-0.2, 0) is 4.79 Å². The zero-order valence-corrected chi connectivity index (χ0v) is 14.0. The molecule has 2 aromatic rings. The van der Waals surface area contributed by atoms with Crippen LogP contribution < -0.4 is 10.9 Å². The monoisotopic (exact) mass is 353 g/mol. The van der Waals surface area contributed by atoms with Gasteiger partial charge in [-0.05, 0) is 23.6 Å². The molecule has 0 unspecified atom stereocenters. The predicted molar refractivity (Wildman–Crippen MR) is 98.2 cm³/mol. The van der Waals surface area contributed by atoms with Crippen LogP contribution in [0.15, 0.2) is 57.3 Å². The first-order valence-corrected chi connectivity index (χ1v) is 8.71. The summed E-state index contributed by atoms with van der Waals surface area (Å²) in [5.74, 6) is -0.0772. The number of hydrogen-bond donors (Lipinski definition) is 2. The fraction of sp³-hybridized carbons (Fsp3) is 0.176. The molecule has 0 fully saturated rings. The Kier molecular flexibility index (Phi) is 4.10. The van der Waals surface area contributed by atoms with E-state index < -0.39 is 0 Å². The molecule has 1 aromatic carbocycles. The standard InChI is InChI=1S/C17H15N5O2S/c23-15-5-4-14(20-21-15)11-2-1-3-12(8-11)19-16(24)9-13-10-25-17-18-6-7-22(13)17/h1-5,8,10H,6-7,9H2,(H,19,24)(H,21,23). The van der Waals surface area contributed by atoms with E-state index >= 15 is 0 Å². The van der Waals surface area contributed by atoms with Crippen LogP contribution in [0.3, 0.4) is 0 Å². The second-order valence-corrected chi connectivity index (χ2v) is 6.49. The van der Waals surface area contributed by atoms with Crippen molar-refractivity contribution in [1.82, 2.24) is 15.1 Å². The molecule has 3 heterocycles. The largest absolute Gasteiger partial charge is 0.326 e. The quantitative estimate of drug-likeness (QED) is 0.878. The van der Waals surface area contributed by atoms with Crippen LogP contribution in [0.1, 0.15) is 6.42 Å². The van der Waals surface area contributed by atoms with Crippen molar-refractivity contribution >= 4 is 28.5 Å². The number of thioether (sulfide) groups is 1. The van der Waals surface area contributed by atoms with Crippen LogP contribution in [-0.4, -0.2) is 39.3 Å². The van der Waals surface area contributed by atoms with Gasteiger partial charge in [-0.25, -0.2) is 5.10 Å². The smallest absolute Gasteiger partial charge is 0.264 e. The van der Waals surface area contributed by atoms with Crippen molar-refractivity contribution in [3.63, 3.8) is 0 Å². The van der Waals surface area contributed by atoms with Gasteiger partial charge in [-0.2, -0.15) is 5.10 Å². The van der Waals surface area contributed by atoms with E-state index in [-0.39, 0.29) is 11.5 Å². The van der Waals surface area contributed by atoms with Crippen molar-refractivity contribution in [1.29, 1.82) is 0 Å². The Morgan fingerprint density at radius 2 is 2.24 bits per heavy atom. The third-order valence-corrected chi connectivity index (χ3v) is 4.86. The third-order valence-electron chi connectivity index (χ3n) is 3.91. The van der Waals surface area contributed by atoms with E-state index in [1.165, 1.54) is 6.07 Å². The summed E-state index contributed by atoms with van der Waals surface area (Å²) >= 11 is 1.57. The first-order chi connectivity index (χ1) is 12.2. The van der Waals surface area contributed by atoms with E-state index in [2.05, 4.69) is 25.4 Å². The van der Waals surface area contributed by atoms with Gasteiger partial charge in [-0.1, -0.05) is 23.9 Å². The van der Waals surface area contributed by atoms with Crippen molar-refractivity contribution in [3.05, 3.63) is 57.9 Å². The minimum absolute atomic E-state index is 0.0772. The van der Waals surface area contributed by atoms with Gasteiger partial charge in [0, 0.05) is 29.6 Å². The molecule has 4 rings (SSSR count). The molecule has 0 saturated heterocycles. The van der Waals surface area contributed by atoms with Crippen LogP contribution in [0.5, 0.6) is 0 Å². The van der Waals surface area contributed by atoms with Crippen LogP contribution in [0.4, 0.5) is 5.69 Å². The second-order valence-electron chi connectivity index (χ2n) is 5.66. The number of H-pyrrole nitrogens is 1. The lowest BCUT2D eigenvalue weighted by atomic mass is 10.1. The Bertz CT molecular complexity index is 930. The minimum Gasteiger partial charge on any atom is -0.326 e. The average Bonchev–Trinajstić information content (AvgIpc) is 3.21. The number of aliphatic imine (C=N–C) groups is 1. The number of benzene rings is 1. The van der Waals surface area contributed by atoms with Gasteiger partial charge in [0.05, 0.1) is 18.7 Å². The summed E-state index contributed by atoms with van der Waals surface area (Å²) < 4.78 is 0. The Morgan fingerprint density at radius 3 is 3.08 bits per heavy atom. The van der Waals surface area contributed by atoms with E-state index in [1.807, 2.05) is 29.7 Å². The molecule has 0 spiro atoms. The Morgan fingerprint density at radius 1 is 1.32 bits per heavy atom. The molecule has 2 aliphatic rings. The van der Waals surface area contributed by atoms with Crippen molar-refractivity contribution in [2.24, 2.45) is 4.99 Å². The van der Waals surface area contributed by atoms with Gasteiger partial charge in [0.15, 0.2) is 5.17 Å². The summed E-state index contributed by atoms with van der Waals surface area (Å²) in [5, 5.41) is 12.3. The number of aromatic amines is 1. The molecule has 1 aromatic heterocycles. The number of carbonyl (C=O) groups is 1. The SMILES string of the molecule is O=C(CC1=CSC2=NCCN12)Nc1cccc(-c2ccc(=O)[nH]n2)c1. The number of rotatable bonds is 4. The summed E-state index contributed by atoms with van der Waals surface area (Å²) in [5.41, 5.74) is 2.89. The highest BCUT2D eigenvalue weighted by Gasteiger charge is 2.27. The van der Waals surface area contributed by atoms with Crippen LogP contribution in [0, 0.1) is 0 Å². The van der Waals surface area contributed by atoms with Gasteiger partial charge in [0.25, 0.3) is 5.56 Å². The van der Waals surface area contributed by atoms with E-state index in [0.717, 1.165) is 29.5 Å². The van der Waals surface area contributed by atoms with E-state index in [0.29, 0.717) is 17.8 Å². The van der Waals surface area contributed by atoms with Crippen LogP contribution in [0.25, 0.3) is 11.3 Å². The third kappa shape index (κ3) is 3.34. The number of fused-ring (bicyclic) bond motifs is 1. The molecule has 0 radical (unpaired) electrons. The molecule has 0 aliphatic carbocycles. The fourth-order valence-corrected chi connectivity index (χ4v) is 3.70. The van der Waals surface area contributed by atoms with E-state index in [1.54, 1.807) is 17.8 Å². The molecule has 7 nitrogen and oxygen atoms in total. The molecule has 0 saturated carbocycles. The van der Waals surface area contributed by atoms with Gasteiger partial charge >= 0.3 is 0 Å². The summed E-state index contributed by atoms with van der Waals surface area (Å²) in [7, 11) is 0. The Balaban J connectivity index is 1.45. The van der Waals surface area contributed by atoms with Gasteiger partial charge in [-0.15, -0.1) is 0 Å². The molecule has 1 amide bonds. The maximum absolute atomic E-state index is 12.4. The van der Waals surface area contributed by atoms with Gasteiger partial charge in [0.1, 0.15) is 0 Å². The Hall–Kier alpha value is -2.87. The highest BCUT2D eigenvalue weighted by molar-refractivity contribution is 8.16. The van der Waals surface area contributed by atoms with Crippen molar-refractivity contribution < 1.29 is 4.79 Å². The zero-order valence-electron chi connectivity index (χ0n) is 13.2. The molecule has 126 valence electrons. The first kappa shape index (κ1) is 15.6. The fourth-order valence-electron chi connectivity index (χ4n) is 2.75. The summed E-state index contributed by atoms with van der Waals surface area (Å²) in [6.45, 7) is 1.63. The van der Waals surface area contributed by atoms with Gasteiger partial charge in [0.2, 0.25) is 5.91 Å². The van der Waals surface area contributed by atoms with Crippen LogP contribution in [0.2, 0.25) is 0 Å². The molecule has 8 heteroatoms. The summed E-state index contributed by atoms with van der Waals surface area (Å²) in [6, 6.07) is 10.4. The summed E-state index contributed by atoms with van der Waals surface area (Å²) in [4.78, 5) is 29.9. The van der Waals surface area contributed by atoms with Crippen molar-refractivity contribution in [2.75, 3.05) is 18.4 Å². The van der Waals surface area contributed by atoms with Gasteiger partial charge < -0.3 is 10.2 Å². The maximum atomic E-state index is 12.4. The predicted octanol–water partition coefficient (Wildman–Crippen LogP) is 2.03. The number of amides is 1. The maximum Gasteiger partial charge on any atom is 0.264 e. The highest BCUT2D eigenvalue weighted by Crippen LogP contribution is 2.31. The normalized spacial score (nSPS) is 15.6. The average molecular weight is 353 g/mol. The van der Waals surface area contributed by atoms with Crippen molar-refractivity contribution in [2.45, 2.75) is 6.42 Å². The van der Waals surface area contributed by atoms with Crippen LogP contribution >= 0.6 is 11.8 Å². The number of aromatic nitrogens is 2.